The maximum Gasteiger partial charge on any atom is 0.326 e. The molecule has 172 valence electrons. The number of ketones is 1. The first-order valence-corrected chi connectivity index (χ1v) is 11.4. The minimum absolute atomic E-state index is 0.0983. The van der Waals surface area contributed by atoms with Crippen molar-refractivity contribution in [3.63, 3.8) is 0 Å². The molecule has 4 aromatic carbocycles. The number of fused-ring (bicyclic) bond motifs is 3. The molecule has 0 radical (unpaired) electrons. The van der Waals surface area contributed by atoms with E-state index in [1.54, 1.807) is 36.4 Å². The van der Waals surface area contributed by atoms with Crippen LogP contribution in [0.5, 0.6) is 0 Å². The number of carbonyl (C=O) groups is 3. The second-order valence-corrected chi connectivity index (χ2v) is 8.60. The van der Waals surface area contributed by atoms with Crippen LogP contribution >= 0.6 is 0 Å². The van der Waals surface area contributed by atoms with E-state index >= 15 is 0 Å². The average Bonchev–Trinajstić information content (AvgIpc) is 3.23. The summed E-state index contributed by atoms with van der Waals surface area (Å²) in [5.74, 6) is -2.11. The zero-order valence-corrected chi connectivity index (χ0v) is 18.8. The highest BCUT2D eigenvalue weighted by molar-refractivity contribution is 6.09. The highest BCUT2D eigenvalue weighted by Gasteiger charge is 2.35. The minimum Gasteiger partial charge on any atom is -0.480 e. The molecule has 1 atom stereocenters. The highest BCUT2D eigenvalue weighted by atomic mass is 16.4. The summed E-state index contributed by atoms with van der Waals surface area (Å²) in [6.07, 6.45) is 0.108. The SMILES string of the molecule is O=C(c1ccccc1)c1ccc(C[C@H](NC(=O)C2c3ccccc3-c3ccccc32)C(=O)O)cc1. The van der Waals surface area contributed by atoms with E-state index in [9.17, 15) is 19.5 Å². The third kappa shape index (κ3) is 4.36. The monoisotopic (exact) mass is 461 g/mol. The molecule has 5 rings (SSSR count). The Morgan fingerprint density at radius 2 is 1.20 bits per heavy atom. The van der Waals surface area contributed by atoms with Crippen molar-refractivity contribution in [2.75, 3.05) is 0 Å². The molecular formula is C30H23NO4. The molecule has 35 heavy (non-hydrogen) atoms. The Labute approximate surface area is 203 Å². The Morgan fingerprint density at radius 1 is 0.686 bits per heavy atom. The number of carbonyl (C=O) groups excluding carboxylic acids is 2. The van der Waals surface area contributed by atoms with E-state index in [1.807, 2.05) is 66.7 Å². The van der Waals surface area contributed by atoms with Gasteiger partial charge < -0.3 is 10.4 Å². The molecule has 5 heteroatoms. The van der Waals surface area contributed by atoms with E-state index in [0.717, 1.165) is 27.8 Å². The maximum atomic E-state index is 13.4. The van der Waals surface area contributed by atoms with Crippen molar-refractivity contribution in [1.82, 2.24) is 5.32 Å². The molecule has 0 saturated heterocycles. The largest absolute Gasteiger partial charge is 0.480 e. The van der Waals surface area contributed by atoms with Gasteiger partial charge in [0, 0.05) is 17.5 Å². The fourth-order valence-corrected chi connectivity index (χ4v) is 4.68. The Morgan fingerprint density at radius 3 is 1.77 bits per heavy atom. The van der Waals surface area contributed by atoms with Gasteiger partial charge in [0.15, 0.2) is 5.78 Å². The zero-order valence-electron chi connectivity index (χ0n) is 18.8. The lowest BCUT2D eigenvalue weighted by atomic mass is 9.95. The van der Waals surface area contributed by atoms with Crippen LogP contribution in [0.25, 0.3) is 11.1 Å². The molecule has 5 nitrogen and oxygen atoms in total. The molecular weight excluding hydrogens is 438 g/mol. The first kappa shape index (κ1) is 22.3. The minimum atomic E-state index is -1.11. The van der Waals surface area contributed by atoms with Gasteiger partial charge >= 0.3 is 5.97 Å². The Balaban J connectivity index is 1.34. The van der Waals surface area contributed by atoms with Crippen LogP contribution in [0.3, 0.4) is 0 Å². The van der Waals surface area contributed by atoms with Gasteiger partial charge in [-0.15, -0.1) is 0 Å². The summed E-state index contributed by atoms with van der Waals surface area (Å²) in [5, 5.41) is 12.6. The topological polar surface area (TPSA) is 83.5 Å². The first-order valence-electron chi connectivity index (χ1n) is 11.4. The van der Waals surface area contributed by atoms with Gasteiger partial charge in [-0.3, -0.25) is 9.59 Å². The fraction of sp³-hybridized carbons (Fsp3) is 0.100. The molecule has 1 aliphatic rings. The van der Waals surface area contributed by atoms with Crippen molar-refractivity contribution in [2.45, 2.75) is 18.4 Å². The van der Waals surface area contributed by atoms with E-state index in [0.29, 0.717) is 11.1 Å². The summed E-state index contributed by atoms with van der Waals surface area (Å²) in [7, 11) is 0. The van der Waals surface area contributed by atoms with Crippen molar-refractivity contribution in [1.29, 1.82) is 0 Å². The second-order valence-electron chi connectivity index (χ2n) is 8.60. The predicted octanol–water partition coefficient (Wildman–Crippen LogP) is 4.84. The standard InChI is InChI=1S/C30H23NO4/c32-28(20-8-2-1-3-9-20)21-16-14-19(15-17-21)18-26(30(34)35)31-29(33)27-24-12-6-4-10-22(24)23-11-5-7-13-25(23)27/h1-17,26-27H,18H2,(H,31,33)(H,34,35)/t26-/m0/s1. The first-order chi connectivity index (χ1) is 17.0. The fourth-order valence-electron chi connectivity index (χ4n) is 4.68. The summed E-state index contributed by atoms with van der Waals surface area (Å²) >= 11 is 0. The third-order valence-corrected chi connectivity index (χ3v) is 6.40. The van der Waals surface area contributed by atoms with Crippen molar-refractivity contribution >= 4 is 17.7 Å². The molecule has 1 amide bonds. The van der Waals surface area contributed by atoms with Crippen molar-refractivity contribution in [3.05, 3.63) is 131 Å². The summed E-state index contributed by atoms with van der Waals surface area (Å²) in [6, 6.07) is 30.2. The van der Waals surface area contributed by atoms with Crippen molar-refractivity contribution in [2.24, 2.45) is 0 Å². The van der Waals surface area contributed by atoms with Crippen LogP contribution in [0.4, 0.5) is 0 Å². The number of amides is 1. The van der Waals surface area contributed by atoms with Crippen molar-refractivity contribution in [3.8, 4) is 11.1 Å². The van der Waals surface area contributed by atoms with E-state index in [1.165, 1.54) is 0 Å². The lowest BCUT2D eigenvalue weighted by molar-refractivity contribution is -0.141. The van der Waals surface area contributed by atoms with Crippen molar-refractivity contribution < 1.29 is 19.5 Å². The second kappa shape index (κ2) is 9.39. The Kier molecular flexibility index (Phi) is 5.98. The Bertz CT molecular complexity index is 1360. The molecule has 1 aliphatic carbocycles. The van der Waals surface area contributed by atoms with Gasteiger partial charge in [0.25, 0.3) is 0 Å². The summed E-state index contributed by atoms with van der Waals surface area (Å²) in [6.45, 7) is 0. The Hall–Kier alpha value is -4.51. The van der Waals surface area contributed by atoms with E-state index in [2.05, 4.69) is 5.32 Å². The predicted molar refractivity (Wildman–Crippen MR) is 133 cm³/mol. The number of rotatable bonds is 7. The van der Waals surface area contributed by atoms with Crippen LogP contribution in [-0.4, -0.2) is 28.8 Å². The lowest BCUT2D eigenvalue weighted by Gasteiger charge is -2.19. The molecule has 0 fully saturated rings. The summed E-state index contributed by atoms with van der Waals surface area (Å²) in [4.78, 5) is 38.0. The van der Waals surface area contributed by atoms with Gasteiger partial charge in [-0.2, -0.15) is 0 Å². The smallest absolute Gasteiger partial charge is 0.326 e. The molecule has 0 aromatic heterocycles. The molecule has 2 N–H and O–H groups in total. The van der Waals surface area contributed by atoms with Gasteiger partial charge in [0.1, 0.15) is 6.04 Å². The number of benzene rings is 4. The number of carboxylic acid groups (broad SMARTS) is 1. The lowest BCUT2D eigenvalue weighted by Crippen LogP contribution is -2.44. The van der Waals surface area contributed by atoms with E-state index < -0.39 is 17.9 Å². The van der Waals surface area contributed by atoms with Crippen LogP contribution in [0.2, 0.25) is 0 Å². The highest BCUT2D eigenvalue weighted by Crippen LogP contribution is 2.44. The van der Waals surface area contributed by atoms with Crippen LogP contribution in [0, 0.1) is 0 Å². The normalized spacial score (nSPS) is 12.9. The molecule has 0 heterocycles. The summed E-state index contributed by atoms with van der Waals surface area (Å²) in [5.41, 5.74) is 5.57. The van der Waals surface area contributed by atoms with Gasteiger partial charge in [-0.05, 0) is 27.8 Å². The van der Waals surface area contributed by atoms with E-state index in [-0.39, 0.29) is 18.1 Å². The van der Waals surface area contributed by atoms with Crippen LogP contribution in [0.15, 0.2) is 103 Å². The number of hydrogen-bond donors (Lipinski definition) is 2. The number of hydrogen-bond acceptors (Lipinski definition) is 3. The molecule has 0 bridgehead atoms. The third-order valence-electron chi connectivity index (χ3n) is 6.40. The molecule has 0 aliphatic heterocycles. The maximum absolute atomic E-state index is 13.4. The average molecular weight is 462 g/mol. The zero-order chi connectivity index (χ0) is 24.4. The summed E-state index contributed by atoms with van der Waals surface area (Å²) < 4.78 is 0. The molecule has 0 spiro atoms. The number of nitrogens with one attached hydrogen (secondary N) is 1. The number of carboxylic acids is 1. The molecule has 4 aromatic rings. The van der Waals surface area contributed by atoms with Gasteiger partial charge in [0.2, 0.25) is 5.91 Å². The number of aliphatic carboxylic acids is 1. The van der Waals surface area contributed by atoms with E-state index in [4.69, 9.17) is 0 Å². The molecule has 0 unspecified atom stereocenters. The van der Waals surface area contributed by atoms with Crippen LogP contribution in [-0.2, 0) is 16.0 Å². The van der Waals surface area contributed by atoms with Crippen LogP contribution < -0.4 is 5.32 Å². The van der Waals surface area contributed by atoms with Gasteiger partial charge in [-0.25, -0.2) is 4.79 Å². The van der Waals surface area contributed by atoms with Crippen LogP contribution in [0.1, 0.15) is 38.5 Å². The quantitative estimate of drug-likeness (QED) is 0.386. The molecule has 0 saturated carbocycles. The van der Waals surface area contributed by atoms with Gasteiger partial charge in [-0.1, -0.05) is 103 Å². The van der Waals surface area contributed by atoms with Gasteiger partial charge in [0.05, 0.1) is 5.92 Å².